The molecule has 0 amide bonds. The monoisotopic (exact) mass is 304 g/mol. The number of anilines is 1. The Morgan fingerprint density at radius 2 is 2.14 bits per heavy atom. The lowest BCUT2D eigenvalue weighted by Gasteiger charge is -2.11. The first kappa shape index (κ1) is 15.3. The molecule has 1 N–H and O–H groups in total. The van der Waals surface area contributed by atoms with E-state index in [4.69, 9.17) is 21.6 Å². The van der Waals surface area contributed by atoms with Crippen molar-refractivity contribution in [2.75, 3.05) is 12.4 Å². The number of para-hydroxylation sites is 1. The number of nitrogens with zero attached hydrogens (tertiary/aromatic N) is 1. The third-order valence-electron chi connectivity index (χ3n) is 3.01. The summed E-state index contributed by atoms with van der Waals surface area (Å²) < 4.78 is 18.5. The molecule has 0 atom stereocenters. The predicted molar refractivity (Wildman–Crippen MR) is 80.6 cm³/mol. The lowest BCUT2D eigenvalue weighted by molar-refractivity contribution is 0.181. The van der Waals surface area contributed by atoms with Gasteiger partial charge in [-0.05, 0) is 29.8 Å². The molecule has 108 valence electrons. The van der Waals surface area contributed by atoms with Crippen LogP contribution in [0.15, 0.2) is 36.4 Å². The first-order chi connectivity index (χ1) is 10.2. The Morgan fingerprint density at radius 1 is 1.33 bits per heavy atom. The maximum Gasteiger partial charge on any atom is 0.128 e. The number of benzene rings is 2. The van der Waals surface area contributed by atoms with Gasteiger partial charge in [-0.1, -0.05) is 23.7 Å². The number of hydrogen-bond acceptors (Lipinski definition) is 3. The van der Waals surface area contributed by atoms with E-state index < -0.39 is 0 Å². The first-order valence-corrected chi connectivity index (χ1v) is 6.72. The molecule has 0 aromatic heterocycles. The Kier molecular flexibility index (Phi) is 5.15. The Balaban J connectivity index is 2.17. The van der Waals surface area contributed by atoms with Crippen molar-refractivity contribution in [3.63, 3.8) is 0 Å². The van der Waals surface area contributed by atoms with Gasteiger partial charge < -0.3 is 10.1 Å². The molecule has 0 bridgehead atoms. The van der Waals surface area contributed by atoms with Gasteiger partial charge in [-0.2, -0.15) is 5.26 Å². The number of nitriles is 1. The molecular formula is C16H14ClFN2O. The van der Waals surface area contributed by atoms with E-state index in [0.29, 0.717) is 28.4 Å². The summed E-state index contributed by atoms with van der Waals surface area (Å²) in [4.78, 5) is 0. The van der Waals surface area contributed by atoms with Crippen molar-refractivity contribution in [1.29, 1.82) is 5.26 Å². The van der Waals surface area contributed by atoms with Gasteiger partial charge in [-0.15, -0.1) is 0 Å². The second-order valence-electron chi connectivity index (χ2n) is 4.49. The number of halogens is 2. The molecule has 0 fully saturated rings. The Bertz CT molecular complexity index is 682. The van der Waals surface area contributed by atoms with Crippen LogP contribution >= 0.6 is 11.6 Å². The molecule has 3 nitrogen and oxygen atoms in total. The number of ether oxygens (including phenoxy) is 1. The summed E-state index contributed by atoms with van der Waals surface area (Å²) in [7, 11) is 1.52. The van der Waals surface area contributed by atoms with E-state index in [2.05, 4.69) is 11.4 Å². The number of rotatable bonds is 5. The van der Waals surface area contributed by atoms with Crippen molar-refractivity contribution in [3.8, 4) is 6.07 Å². The molecule has 0 radical (unpaired) electrons. The number of nitrogens with one attached hydrogen (secondary N) is 1. The van der Waals surface area contributed by atoms with Crippen LogP contribution in [-0.2, 0) is 17.9 Å². The molecule has 2 aromatic carbocycles. The molecule has 21 heavy (non-hydrogen) atoms. The Labute approximate surface area is 127 Å². The summed E-state index contributed by atoms with van der Waals surface area (Å²) in [6, 6.07) is 12.0. The largest absolute Gasteiger partial charge is 0.380 e. The van der Waals surface area contributed by atoms with E-state index in [1.807, 2.05) is 0 Å². The smallest absolute Gasteiger partial charge is 0.128 e. The molecule has 2 rings (SSSR count). The van der Waals surface area contributed by atoms with Crippen LogP contribution in [0.3, 0.4) is 0 Å². The van der Waals surface area contributed by atoms with Crippen molar-refractivity contribution in [2.24, 2.45) is 0 Å². The molecule has 0 saturated carbocycles. The fourth-order valence-corrected chi connectivity index (χ4v) is 2.23. The normalized spacial score (nSPS) is 10.2. The minimum absolute atomic E-state index is 0.217. The van der Waals surface area contributed by atoms with Crippen molar-refractivity contribution in [3.05, 3.63) is 63.9 Å². The van der Waals surface area contributed by atoms with Crippen molar-refractivity contribution >= 4 is 17.3 Å². The number of methoxy groups -OCH3 is 1. The highest BCUT2D eigenvalue weighted by atomic mass is 35.5. The molecule has 0 spiro atoms. The maximum atomic E-state index is 13.5. The summed E-state index contributed by atoms with van der Waals surface area (Å²) in [5.74, 6) is -0.295. The maximum absolute atomic E-state index is 13.5. The van der Waals surface area contributed by atoms with Gasteiger partial charge in [0.2, 0.25) is 0 Å². The zero-order chi connectivity index (χ0) is 15.2. The standard InChI is InChI=1S/C16H14ClFN2O/c1-21-10-13-7-11(5-6-15(13)18)9-20-16-12(8-19)3-2-4-14(16)17/h2-7,20H,9-10H2,1H3. The zero-order valence-electron chi connectivity index (χ0n) is 11.5. The van der Waals surface area contributed by atoms with Crippen LogP contribution in [-0.4, -0.2) is 7.11 Å². The predicted octanol–water partition coefficient (Wildman–Crippen LogP) is 4.11. The van der Waals surface area contributed by atoms with Crippen molar-refractivity contribution in [2.45, 2.75) is 13.2 Å². The lowest BCUT2D eigenvalue weighted by Crippen LogP contribution is -2.03. The minimum atomic E-state index is -0.295. The van der Waals surface area contributed by atoms with E-state index in [1.165, 1.54) is 13.2 Å². The van der Waals surface area contributed by atoms with Gasteiger partial charge in [0, 0.05) is 19.2 Å². The van der Waals surface area contributed by atoms with E-state index in [0.717, 1.165) is 5.56 Å². The van der Waals surface area contributed by atoms with Crippen LogP contribution in [0, 0.1) is 17.1 Å². The van der Waals surface area contributed by atoms with E-state index in [9.17, 15) is 4.39 Å². The summed E-state index contributed by atoms with van der Waals surface area (Å²) >= 11 is 6.09. The zero-order valence-corrected chi connectivity index (χ0v) is 12.2. The summed E-state index contributed by atoms with van der Waals surface area (Å²) in [5, 5.41) is 12.7. The molecule has 5 heteroatoms. The summed E-state index contributed by atoms with van der Waals surface area (Å²) in [5.41, 5.74) is 2.43. The highest BCUT2D eigenvalue weighted by molar-refractivity contribution is 6.33. The molecule has 0 heterocycles. The summed E-state index contributed by atoms with van der Waals surface area (Å²) in [6.45, 7) is 0.657. The molecule has 2 aromatic rings. The van der Waals surface area contributed by atoms with Gasteiger partial charge in [0.15, 0.2) is 0 Å². The highest BCUT2D eigenvalue weighted by Crippen LogP contribution is 2.26. The van der Waals surface area contributed by atoms with E-state index in [1.54, 1.807) is 30.3 Å². The molecule has 0 aliphatic heterocycles. The van der Waals surface area contributed by atoms with Gasteiger partial charge in [-0.25, -0.2) is 4.39 Å². The fraction of sp³-hybridized carbons (Fsp3) is 0.188. The van der Waals surface area contributed by atoms with Crippen molar-refractivity contribution in [1.82, 2.24) is 0 Å². The van der Waals surface area contributed by atoms with Crippen molar-refractivity contribution < 1.29 is 9.13 Å². The fourth-order valence-electron chi connectivity index (χ4n) is 1.99. The average Bonchev–Trinajstić information content (AvgIpc) is 2.49. The second kappa shape index (κ2) is 7.07. The summed E-state index contributed by atoms with van der Waals surface area (Å²) in [6.07, 6.45) is 0. The van der Waals surface area contributed by atoms with Gasteiger partial charge in [0.1, 0.15) is 11.9 Å². The Morgan fingerprint density at radius 3 is 2.86 bits per heavy atom. The van der Waals surface area contributed by atoms with Crippen LogP contribution in [0.2, 0.25) is 5.02 Å². The highest BCUT2D eigenvalue weighted by Gasteiger charge is 2.07. The minimum Gasteiger partial charge on any atom is -0.380 e. The van der Waals surface area contributed by atoms with Gasteiger partial charge in [0.25, 0.3) is 0 Å². The van der Waals surface area contributed by atoms with Crippen LogP contribution in [0.5, 0.6) is 0 Å². The van der Waals surface area contributed by atoms with Gasteiger partial charge in [0.05, 0.1) is 22.9 Å². The van der Waals surface area contributed by atoms with Gasteiger partial charge >= 0.3 is 0 Å². The van der Waals surface area contributed by atoms with Crippen LogP contribution in [0.1, 0.15) is 16.7 Å². The average molecular weight is 305 g/mol. The topological polar surface area (TPSA) is 45.0 Å². The van der Waals surface area contributed by atoms with E-state index in [-0.39, 0.29) is 12.4 Å². The van der Waals surface area contributed by atoms with Gasteiger partial charge in [-0.3, -0.25) is 0 Å². The molecule has 0 aliphatic carbocycles. The van der Waals surface area contributed by atoms with E-state index >= 15 is 0 Å². The molecule has 0 unspecified atom stereocenters. The first-order valence-electron chi connectivity index (χ1n) is 6.34. The second-order valence-corrected chi connectivity index (χ2v) is 4.89. The quantitative estimate of drug-likeness (QED) is 0.904. The third kappa shape index (κ3) is 3.72. The van der Waals surface area contributed by atoms with Crippen LogP contribution < -0.4 is 5.32 Å². The lowest BCUT2D eigenvalue weighted by atomic mass is 10.1. The third-order valence-corrected chi connectivity index (χ3v) is 3.33. The SMILES string of the molecule is COCc1cc(CNc2c(Cl)cccc2C#N)ccc1F. The number of hydrogen-bond donors (Lipinski definition) is 1. The molecule has 0 aliphatic rings. The molecular weight excluding hydrogens is 291 g/mol. The van der Waals surface area contributed by atoms with Crippen LogP contribution in [0.4, 0.5) is 10.1 Å². The van der Waals surface area contributed by atoms with Crippen LogP contribution in [0.25, 0.3) is 0 Å². The molecule has 0 saturated heterocycles. The Hall–Kier alpha value is -2.09.